The number of rotatable bonds is 4. The first-order chi connectivity index (χ1) is 10.7. The van der Waals surface area contributed by atoms with Crippen LogP contribution in [0.2, 0.25) is 5.02 Å². The molecule has 6 heteroatoms. The zero-order valence-corrected chi connectivity index (χ0v) is 12.4. The van der Waals surface area contributed by atoms with Gasteiger partial charge >= 0.3 is 0 Å². The molecular formula is C16H14ClN3O2. The minimum atomic E-state index is 0.495. The second-order valence-electron chi connectivity index (χ2n) is 4.77. The van der Waals surface area contributed by atoms with Gasteiger partial charge in [-0.25, -0.2) is 0 Å². The van der Waals surface area contributed by atoms with Crippen molar-refractivity contribution in [3.05, 3.63) is 71.4 Å². The smallest absolute Gasteiger partial charge is 0.150 e. The topological polar surface area (TPSA) is 47.0 Å². The number of benzene rings is 2. The van der Waals surface area contributed by atoms with Crippen LogP contribution in [0.5, 0.6) is 0 Å². The molecule has 0 saturated heterocycles. The van der Waals surface area contributed by atoms with Gasteiger partial charge in [-0.1, -0.05) is 23.7 Å². The van der Waals surface area contributed by atoms with Crippen molar-refractivity contribution >= 4 is 29.3 Å². The molecule has 0 aliphatic carbocycles. The number of hydrogen-bond acceptors (Lipinski definition) is 5. The summed E-state index contributed by atoms with van der Waals surface area (Å²) >= 11 is 5.91. The van der Waals surface area contributed by atoms with E-state index in [4.69, 9.17) is 11.6 Å². The van der Waals surface area contributed by atoms with E-state index in [0.29, 0.717) is 22.8 Å². The molecule has 0 bridgehead atoms. The van der Waals surface area contributed by atoms with E-state index >= 15 is 0 Å². The van der Waals surface area contributed by atoms with Gasteiger partial charge in [0.25, 0.3) is 0 Å². The van der Waals surface area contributed by atoms with Crippen molar-refractivity contribution < 1.29 is 10.0 Å². The molecule has 0 amide bonds. The lowest BCUT2D eigenvalue weighted by Gasteiger charge is -2.36. The summed E-state index contributed by atoms with van der Waals surface area (Å²) in [6.07, 6.45) is 4.41. The maximum atomic E-state index is 10.9. The molecule has 0 unspecified atom stereocenters. The Labute approximate surface area is 133 Å². The second kappa shape index (κ2) is 6.09. The average Bonchev–Trinajstić information content (AvgIpc) is 3.04. The van der Waals surface area contributed by atoms with Gasteiger partial charge in [-0.3, -0.25) is 15.0 Å². The Bertz CT molecular complexity index is 703. The van der Waals surface area contributed by atoms with Gasteiger partial charge in [0.1, 0.15) is 6.29 Å². The van der Waals surface area contributed by atoms with Crippen LogP contribution in [0.15, 0.2) is 60.8 Å². The molecule has 1 N–H and O–H groups in total. The highest BCUT2D eigenvalue weighted by atomic mass is 35.5. The van der Waals surface area contributed by atoms with Crippen LogP contribution in [0.25, 0.3) is 0 Å². The minimum Gasteiger partial charge on any atom is -0.298 e. The summed E-state index contributed by atoms with van der Waals surface area (Å²) < 4.78 is 0. The van der Waals surface area contributed by atoms with Crippen molar-refractivity contribution in [1.29, 1.82) is 0 Å². The first kappa shape index (κ1) is 14.4. The number of hydrogen-bond donors (Lipinski definition) is 1. The predicted octanol–water partition coefficient (Wildman–Crippen LogP) is 3.51. The quantitative estimate of drug-likeness (QED) is 0.691. The van der Waals surface area contributed by atoms with E-state index in [1.54, 1.807) is 47.7 Å². The maximum Gasteiger partial charge on any atom is 0.150 e. The Hall–Kier alpha value is -2.50. The summed E-state index contributed by atoms with van der Waals surface area (Å²) in [5.74, 6) is 0. The van der Waals surface area contributed by atoms with E-state index in [1.807, 2.05) is 23.2 Å². The summed E-state index contributed by atoms with van der Waals surface area (Å²) in [5.41, 5.74) is 1.88. The van der Waals surface area contributed by atoms with E-state index in [-0.39, 0.29) is 0 Å². The Morgan fingerprint density at radius 3 is 2.68 bits per heavy atom. The van der Waals surface area contributed by atoms with Crippen molar-refractivity contribution in [2.75, 3.05) is 16.7 Å². The number of hydrazine groups is 2. The first-order valence-corrected chi connectivity index (χ1v) is 7.10. The van der Waals surface area contributed by atoms with Crippen LogP contribution in [0.3, 0.4) is 0 Å². The lowest BCUT2D eigenvalue weighted by Crippen LogP contribution is -2.46. The molecular weight excluding hydrogens is 302 g/mol. The van der Waals surface area contributed by atoms with E-state index in [1.165, 1.54) is 0 Å². The fourth-order valence-corrected chi connectivity index (χ4v) is 2.37. The number of halogens is 1. The lowest BCUT2D eigenvalue weighted by atomic mass is 10.2. The van der Waals surface area contributed by atoms with Crippen molar-refractivity contribution in [3.8, 4) is 0 Å². The fraction of sp³-hybridized carbons (Fsp3) is 0.0625. The minimum absolute atomic E-state index is 0.495. The largest absolute Gasteiger partial charge is 0.298 e. The molecule has 1 aliphatic heterocycles. The van der Waals surface area contributed by atoms with Gasteiger partial charge < -0.3 is 0 Å². The van der Waals surface area contributed by atoms with Crippen LogP contribution in [0, 0.1) is 0 Å². The van der Waals surface area contributed by atoms with Gasteiger partial charge in [0.05, 0.1) is 17.9 Å². The highest BCUT2D eigenvalue weighted by Crippen LogP contribution is 2.26. The van der Waals surface area contributed by atoms with Gasteiger partial charge in [0, 0.05) is 16.8 Å². The van der Waals surface area contributed by atoms with Gasteiger partial charge in [0.2, 0.25) is 0 Å². The van der Waals surface area contributed by atoms with Gasteiger partial charge in [-0.15, -0.1) is 5.17 Å². The third-order valence-corrected chi connectivity index (χ3v) is 3.57. The molecule has 1 heterocycles. The predicted molar refractivity (Wildman–Crippen MR) is 85.9 cm³/mol. The fourth-order valence-electron chi connectivity index (χ4n) is 2.25. The van der Waals surface area contributed by atoms with E-state index in [9.17, 15) is 10.0 Å². The van der Waals surface area contributed by atoms with Crippen LogP contribution in [-0.2, 0) is 0 Å². The molecule has 0 saturated carbocycles. The number of nitrogens with zero attached hydrogens (tertiary/aromatic N) is 3. The summed E-state index contributed by atoms with van der Waals surface area (Å²) in [7, 11) is 0. The molecule has 0 atom stereocenters. The third-order valence-electron chi connectivity index (χ3n) is 3.32. The highest BCUT2D eigenvalue weighted by Gasteiger charge is 2.22. The van der Waals surface area contributed by atoms with Crippen LogP contribution in [0.4, 0.5) is 11.4 Å². The molecule has 0 spiro atoms. The van der Waals surface area contributed by atoms with E-state index < -0.39 is 0 Å². The Morgan fingerprint density at radius 1 is 1.18 bits per heavy atom. The van der Waals surface area contributed by atoms with Gasteiger partial charge in [-0.2, -0.15) is 5.12 Å². The standard InChI is InChI=1S/C16H14ClN3O2/c17-14-5-7-15(8-6-14)18-9-2-10-19(18)20(22)16-4-1-3-13(11-16)12-21/h1-8,10-12,22H,9H2. The zero-order chi connectivity index (χ0) is 15.5. The number of aldehydes is 1. The Morgan fingerprint density at radius 2 is 1.95 bits per heavy atom. The summed E-state index contributed by atoms with van der Waals surface area (Å²) in [4.78, 5) is 10.9. The molecule has 22 heavy (non-hydrogen) atoms. The Balaban J connectivity index is 1.86. The number of carbonyl (C=O) groups is 1. The SMILES string of the molecule is O=Cc1cccc(N(O)N2C=CCN2c2ccc(Cl)cc2)c1. The van der Waals surface area contributed by atoms with Crippen molar-refractivity contribution in [1.82, 2.24) is 5.12 Å². The molecule has 2 aromatic carbocycles. The van der Waals surface area contributed by atoms with Crippen LogP contribution in [-0.4, -0.2) is 23.2 Å². The Kier molecular flexibility index (Phi) is 4.00. The summed E-state index contributed by atoms with van der Waals surface area (Å²) in [6.45, 7) is 0.617. The van der Waals surface area contributed by atoms with E-state index in [0.717, 1.165) is 17.1 Å². The van der Waals surface area contributed by atoms with Crippen molar-refractivity contribution in [3.63, 3.8) is 0 Å². The van der Waals surface area contributed by atoms with Crippen molar-refractivity contribution in [2.45, 2.75) is 0 Å². The maximum absolute atomic E-state index is 10.9. The molecule has 0 aromatic heterocycles. The first-order valence-electron chi connectivity index (χ1n) is 6.72. The normalized spacial score (nSPS) is 13.5. The molecule has 112 valence electrons. The van der Waals surface area contributed by atoms with Gasteiger partial charge in [-0.05, 0) is 42.5 Å². The molecule has 2 aromatic rings. The monoisotopic (exact) mass is 315 g/mol. The summed E-state index contributed by atoms with van der Waals surface area (Å²) in [6, 6.07) is 14.1. The van der Waals surface area contributed by atoms with E-state index in [2.05, 4.69) is 0 Å². The molecule has 3 rings (SSSR count). The third kappa shape index (κ3) is 2.77. The molecule has 0 fully saturated rings. The van der Waals surface area contributed by atoms with Crippen LogP contribution < -0.4 is 10.2 Å². The number of carbonyl (C=O) groups excluding carboxylic acids is 1. The van der Waals surface area contributed by atoms with Gasteiger partial charge in [0.15, 0.2) is 0 Å². The molecule has 5 nitrogen and oxygen atoms in total. The lowest BCUT2D eigenvalue weighted by molar-refractivity contribution is 0.103. The zero-order valence-electron chi connectivity index (χ0n) is 11.6. The van der Waals surface area contributed by atoms with Crippen molar-refractivity contribution in [2.24, 2.45) is 0 Å². The summed E-state index contributed by atoms with van der Waals surface area (Å²) in [5, 5.41) is 15.5. The highest BCUT2D eigenvalue weighted by molar-refractivity contribution is 6.30. The molecule has 1 aliphatic rings. The average molecular weight is 316 g/mol. The number of anilines is 2. The second-order valence-corrected chi connectivity index (χ2v) is 5.20. The molecule has 0 radical (unpaired) electrons. The van der Waals surface area contributed by atoms with Crippen LogP contribution in [0.1, 0.15) is 10.4 Å². The van der Waals surface area contributed by atoms with Crippen LogP contribution >= 0.6 is 11.6 Å².